The zero-order valence-corrected chi connectivity index (χ0v) is 12.3. The molecule has 2 aromatic rings. The maximum Gasteiger partial charge on any atom is 0.354 e. The molecule has 0 spiro atoms. The molecule has 0 aliphatic rings. The summed E-state index contributed by atoms with van der Waals surface area (Å²) in [5, 5.41) is 12.0. The van der Waals surface area contributed by atoms with E-state index in [2.05, 4.69) is 10.3 Å². The third kappa shape index (κ3) is 4.77. The lowest BCUT2D eigenvalue weighted by molar-refractivity contribution is -0.113. The highest BCUT2D eigenvalue weighted by molar-refractivity contribution is 8.00. The smallest absolute Gasteiger partial charge is 0.354 e. The van der Waals surface area contributed by atoms with Gasteiger partial charge in [-0.05, 0) is 36.4 Å². The van der Waals surface area contributed by atoms with Gasteiger partial charge in [0.15, 0.2) is 5.69 Å². The van der Waals surface area contributed by atoms with Gasteiger partial charge in [0.1, 0.15) is 5.82 Å². The van der Waals surface area contributed by atoms with Gasteiger partial charge in [0, 0.05) is 9.92 Å². The summed E-state index contributed by atoms with van der Waals surface area (Å²) in [4.78, 5) is 27.3. The van der Waals surface area contributed by atoms with Gasteiger partial charge < -0.3 is 10.4 Å². The Morgan fingerprint density at radius 2 is 1.90 bits per heavy atom. The topological polar surface area (TPSA) is 79.3 Å². The maximum absolute atomic E-state index is 11.8. The number of amides is 1. The minimum Gasteiger partial charge on any atom is -0.477 e. The van der Waals surface area contributed by atoms with E-state index in [4.69, 9.17) is 16.7 Å². The van der Waals surface area contributed by atoms with Gasteiger partial charge >= 0.3 is 5.97 Å². The summed E-state index contributed by atoms with van der Waals surface area (Å²) in [6.45, 7) is 0. The predicted octanol–water partition coefficient (Wildman–Crippen LogP) is 3.16. The highest BCUT2D eigenvalue weighted by Gasteiger charge is 2.08. The Balaban J connectivity index is 1.91. The molecule has 5 nitrogen and oxygen atoms in total. The quantitative estimate of drug-likeness (QED) is 0.827. The number of carbonyl (C=O) groups is 2. The maximum atomic E-state index is 11.8. The normalized spacial score (nSPS) is 10.1. The molecule has 7 heteroatoms. The van der Waals surface area contributed by atoms with Gasteiger partial charge in [0.2, 0.25) is 5.91 Å². The van der Waals surface area contributed by atoms with Crippen molar-refractivity contribution >= 4 is 41.1 Å². The lowest BCUT2D eigenvalue weighted by atomic mass is 10.3. The molecule has 0 radical (unpaired) electrons. The SMILES string of the molecule is O=C(CSc1ccc(Cl)cc1)Nc1cccc(C(=O)O)n1. The molecule has 0 saturated heterocycles. The third-order valence-corrected chi connectivity index (χ3v) is 3.68. The standard InChI is InChI=1S/C14H11ClN2O3S/c15-9-4-6-10(7-5-9)21-8-13(18)17-12-3-1-2-11(16-12)14(19)20/h1-7H,8H2,(H,19,20)(H,16,17,18). The minimum atomic E-state index is -1.14. The number of thioether (sulfide) groups is 1. The van der Waals surface area contributed by atoms with Crippen LogP contribution in [0.15, 0.2) is 47.4 Å². The fourth-order valence-electron chi connectivity index (χ4n) is 1.48. The summed E-state index contributed by atoms with van der Waals surface area (Å²) >= 11 is 7.13. The van der Waals surface area contributed by atoms with Crippen LogP contribution in [0.3, 0.4) is 0 Å². The summed E-state index contributed by atoms with van der Waals surface area (Å²) in [5.41, 5.74) is -0.113. The van der Waals surface area contributed by atoms with Crippen LogP contribution in [0.1, 0.15) is 10.5 Å². The van der Waals surface area contributed by atoms with Crippen LogP contribution in [0.5, 0.6) is 0 Å². The summed E-state index contributed by atoms with van der Waals surface area (Å²) in [7, 11) is 0. The highest BCUT2D eigenvalue weighted by atomic mass is 35.5. The first-order chi connectivity index (χ1) is 10.0. The minimum absolute atomic E-state index is 0.113. The van der Waals surface area contributed by atoms with Crippen LogP contribution >= 0.6 is 23.4 Å². The van der Waals surface area contributed by atoms with E-state index in [1.54, 1.807) is 12.1 Å². The Hall–Kier alpha value is -2.05. The molecular formula is C14H11ClN2O3S. The number of carbonyl (C=O) groups excluding carboxylic acids is 1. The number of hydrogen-bond acceptors (Lipinski definition) is 4. The van der Waals surface area contributed by atoms with Gasteiger partial charge in [-0.3, -0.25) is 4.79 Å². The first-order valence-corrected chi connectivity index (χ1v) is 7.29. The Bertz CT molecular complexity index is 662. The average Bonchev–Trinajstić information content (AvgIpc) is 2.47. The number of benzene rings is 1. The fraction of sp³-hybridized carbons (Fsp3) is 0.0714. The van der Waals surface area contributed by atoms with Crippen LogP contribution < -0.4 is 5.32 Å². The van der Waals surface area contributed by atoms with Crippen molar-refractivity contribution in [3.8, 4) is 0 Å². The van der Waals surface area contributed by atoms with Gasteiger partial charge in [-0.2, -0.15) is 0 Å². The molecule has 0 aliphatic carbocycles. The zero-order chi connectivity index (χ0) is 15.2. The highest BCUT2D eigenvalue weighted by Crippen LogP contribution is 2.20. The van der Waals surface area contributed by atoms with Crippen molar-refractivity contribution in [1.29, 1.82) is 0 Å². The van der Waals surface area contributed by atoms with E-state index in [9.17, 15) is 9.59 Å². The Morgan fingerprint density at radius 1 is 1.19 bits per heavy atom. The molecule has 1 heterocycles. The third-order valence-electron chi connectivity index (χ3n) is 2.42. The van der Waals surface area contributed by atoms with Crippen molar-refractivity contribution in [1.82, 2.24) is 4.98 Å². The van der Waals surface area contributed by atoms with E-state index < -0.39 is 5.97 Å². The monoisotopic (exact) mass is 322 g/mol. The number of rotatable bonds is 5. The Morgan fingerprint density at radius 3 is 2.57 bits per heavy atom. The van der Waals surface area contributed by atoms with E-state index in [1.807, 2.05) is 12.1 Å². The molecule has 2 N–H and O–H groups in total. The molecule has 0 atom stereocenters. The van der Waals surface area contributed by atoms with E-state index >= 15 is 0 Å². The number of carboxylic acids is 1. The summed E-state index contributed by atoms with van der Waals surface area (Å²) < 4.78 is 0. The van der Waals surface area contributed by atoms with Crippen LogP contribution in [0.4, 0.5) is 5.82 Å². The second kappa shape index (κ2) is 7.10. The number of aromatic carboxylic acids is 1. The number of nitrogens with zero attached hydrogens (tertiary/aromatic N) is 1. The molecule has 0 fully saturated rings. The molecule has 0 aliphatic heterocycles. The summed E-state index contributed by atoms with van der Waals surface area (Å²) in [5.74, 6) is -0.983. The number of anilines is 1. The van der Waals surface area contributed by atoms with Crippen molar-refractivity contribution < 1.29 is 14.7 Å². The largest absolute Gasteiger partial charge is 0.477 e. The van der Waals surface area contributed by atoms with E-state index in [1.165, 1.54) is 30.0 Å². The number of hydrogen-bond donors (Lipinski definition) is 2. The Labute approximate surface area is 130 Å². The van der Waals surface area contributed by atoms with Crippen molar-refractivity contribution in [2.45, 2.75) is 4.90 Å². The second-order valence-corrected chi connectivity index (χ2v) is 5.49. The fourth-order valence-corrected chi connectivity index (χ4v) is 2.31. The zero-order valence-electron chi connectivity index (χ0n) is 10.7. The molecule has 108 valence electrons. The molecule has 1 aromatic carbocycles. The molecule has 0 saturated carbocycles. The van der Waals surface area contributed by atoms with Crippen molar-refractivity contribution in [2.24, 2.45) is 0 Å². The van der Waals surface area contributed by atoms with Crippen LogP contribution in [-0.4, -0.2) is 27.7 Å². The van der Waals surface area contributed by atoms with Gasteiger partial charge in [-0.25, -0.2) is 9.78 Å². The predicted molar refractivity (Wildman–Crippen MR) is 82.0 cm³/mol. The number of aromatic nitrogens is 1. The van der Waals surface area contributed by atoms with Gasteiger partial charge in [0.25, 0.3) is 0 Å². The lowest BCUT2D eigenvalue weighted by Crippen LogP contribution is -2.15. The molecule has 1 aromatic heterocycles. The van der Waals surface area contributed by atoms with Gasteiger partial charge in [-0.1, -0.05) is 17.7 Å². The first kappa shape index (κ1) is 15.3. The van der Waals surface area contributed by atoms with Gasteiger partial charge in [-0.15, -0.1) is 11.8 Å². The summed E-state index contributed by atoms with van der Waals surface area (Å²) in [6, 6.07) is 11.6. The molecule has 1 amide bonds. The number of pyridine rings is 1. The number of nitrogens with one attached hydrogen (secondary N) is 1. The van der Waals surface area contributed by atoms with E-state index in [0.717, 1.165) is 4.90 Å². The number of carboxylic acid groups (broad SMARTS) is 1. The molecule has 2 rings (SSSR count). The van der Waals surface area contributed by atoms with E-state index in [-0.39, 0.29) is 23.2 Å². The molecule has 21 heavy (non-hydrogen) atoms. The Kier molecular flexibility index (Phi) is 5.19. The van der Waals surface area contributed by atoms with Crippen LogP contribution in [-0.2, 0) is 4.79 Å². The molecule has 0 bridgehead atoms. The number of halogens is 1. The lowest BCUT2D eigenvalue weighted by Gasteiger charge is -2.05. The molecule has 0 unspecified atom stereocenters. The van der Waals surface area contributed by atoms with Crippen LogP contribution in [0, 0.1) is 0 Å². The van der Waals surface area contributed by atoms with Crippen LogP contribution in [0.2, 0.25) is 5.02 Å². The molecular weight excluding hydrogens is 312 g/mol. The first-order valence-electron chi connectivity index (χ1n) is 5.93. The van der Waals surface area contributed by atoms with Crippen molar-refractivity contribution in [3.63, 3.8) is 0 Å². The average molecular weight is 323 g/mol. The second-order valence-electron chi connectivity index (χ2n) is 4.00. The van der Waals surface area contributed by atoms with Crippen molar-refractivity contribution in [3.05, 3.63) is 53.2 Å². The van der Waals surface area contributed by atoms with Crippen molar-refractivity contribution in [2.75, 3.05) is 11.1 Å². The van der Waals surface area contributed by atoms with Gasteiger partial charge in [0.05, 0.1) is 5.75 Å². The van der Waals surface area contributed by atoms with E-state index in [0.29, 0.717) is 5.02 Å². The van der Waals surface area contributed by atoms with Crippen LogP contribution in [0.25, 0.3) is 0 Å². The summed E-state index contributed by atoms with van der Waals surface area (Å²) in [6.07, 6.45) is 0.